The molecule has 0 saturated carbocycles. The SMILES string of the molecule is CCNCc1ccc(COC(C)(C)C)c(Br)c1. The van der Waals surface area contributed by atoms with E-state index in [-0.39, 0.29) is 5.60 Å². The standard InChI is InChI=1S/C14H22BrNO/c1-5-16-9-11-6-7-12(13(15)8-11)10-17-14(2,3)4/h6-8,16H,5,9-10H2,1-4H3. The second-order valence-electron chi connectivity index (χ2n) is 5.11. The lowest BCUT2D eigenvalue weighted by molar-refractivity contribution is -0.0152. The van der Waals surface area contributed by atoms with Gasteiger partial charge in [0.2, 0.25) is 0 Å². The average Bonchev–Trinajstić information content (AvgIpc) is 2.23. The van der Waals surface area contributed by atoms with Gasteiger partial charge in [-0.3, -0.25) is 0 Å². The molecule has 2 nitrogen and oxygen atoms in total. The molecule has 0 amide bonds. The molecule has 0 fully saturated rings. The Bertz CT molecular complexity index is 358. The van der Waals surface area contributed by atoms with E-state index >= 15 is 0 Å². The summed E-state index contributed by atoms with van der Waals surface area (Å²) in [5, 5.41) is 3.32. The minimum atomic E-state index is -0.0954. The van der Waals surface area contributed by atoms with Crippen molar-refractivity contribution in [3.8, 4) is 0 Å². The van der Waals surface area contributed by atoms with Gasteiger partial charge in [0, 0.05) is 11.0 Å². The zero-order chi connectivity index (χ0) is 12.9. The zero-order valence-corrected chi connectivity index (χ0v) is 12.7. The molecule has 1 N–H and O–H groups in total. The molecule has 1 rings (SSSR count). The Morgan fingerprint density at radius 2 is 2.00 bits per heavy atom. The smallest absolute Gasteiger partial charge is 0.0734 e. The third-order valence-corrected chi connectivity index (χ3v) is 3.10. The van der Waals surface area contributed by atoms with Crippen molar-refractivity contribution in [3.63, 3.8) is 0 Å². The van der Waals surface area contributed by atoms with Crippen molar-refractivity contribution in [1.29, 1.82) is 0 Å². The van der Waals surface area contributed by atoms with Gasteiger partial charge in [-0.2, -0.15) is 0 Å². The first-order valence-corrected chi connectivity index (χ1v) is 6.83. The van der Waals surface area contributed by atoms with E-state index in [4.69, 9.17) is 4.74 Å². The molecule has 0 aliphatic rings. The van der Waals surface area contributed by atoms with Crippen molar-refractivity contribution in [3.05, 3.63) is 33.8 Å². The summed E-state index contributed by atoms with van der Waals surface area (Å²) in [4.78, 5) is 0. The summed E-state index contributed by atoms with van der Waals surface area (Å²) in [7, 11) is 0. The second-order valence-corrected chi connectivity index (χ2v) is 5.96. The van der Waals surface area contributed by atoms with Crippen LogP contribution in [0.15, 0.2) is 22.7 Å². The number of nitrogens with one attached hydrogen (secondary N) is 1. The predicted octanol–water partition coefficient (Wildman–Crippen LogP) is 3.87. The maximum absolute atomic E-state index is 5.77. The number of ether oxygens (including phenoxy) is 1. The number of hydrogen-bond acceptors (Lipinski definition) is 2. The molecule has 0 unspecified atom stereocenters. The van der Waals surface area contributed by atoms with E-state index in [9.17, 15) is 0 Å². The van der Waals surface area contributed by atoms with Crippen LogP contribution in [0.1, 0.15) is 38.8 Å². The fourth-order valence-electron chi connectivity index (χ4n) is 1.38. The summed E-state index contributed by atoms with van der Waals surface area (Å²) in [6, 6.07) is 6.43. The summed E-state index contributed by atoms with van der Waals surface area (Å²) < 4.78 is 6.89. The summed E-state index contributed by atoms with van der Waals surface area (Å²) in [6.07, 6.45) is 0. The molecule has 0 aliphatic heterocycles. The molecule has 96 valence electrons. The quantitative estimate of drug-likeness (QED) is 0.891. The van der Waals surface area contributed by atoms with E-state index in [2.05, 4.69) is 67.1 Å². The van der Waals surface area contributed by atoms with Crippen molar-refractivity contribution in [2.24, 2.45) is 0 Å². The van der Waals surface area contributed by atoms with E-state index in [1.54, 1.807) is 0 Å². The van der Waals surface area contributed by atoms with Crippen LogP contribution in [-0.2, 0) is 17.9 Å². The van der Waals surface area contributed by atoms with Crippen LogP contribution < -0.4 is 5.32 Å². The minimum absolute atomic E-state index is 0.0954. The zero-order valence-electron chi connectivity index (χ0n) is 11.1. The number of hydrogen-bond donors (Lipinski definition) is 1. The molecule has 0 saturated heterocycles. The van der Waals surface area contributed by atoms with E-state index in [0.29, 0.717) is 6.61 Å². The van der Waals surface area contributed by atoms with Crippen LogP contribution >= 0.6 is 15.9 Å². The first-order valence-electron chi connectivity index (χ1n) is 6.04. The lowest BCUT2D eigenvalue weighted by Gasteiger charge is -2.20. The minimum Gasteiger partial charge on any atom is -0.371 e. The van der Waals surface area contributed by atoms with Gasteiger partial charge in [-0.1, -0.05) is 35.0 Å². The van der Waals surface area contributed by atoms with Crippen LogP contribution in [-0.4, -0.2) is 12.1 Å². The number of halogens is 1. The van der Waals surface area contributed by atoms with Gasteiger partial charge in [0.25, 0.3) is 0 Å². The average molecular weight is 300 g/mol. The summed E-state index contributed by atoms with van der Waals surface area (Å²) >= 11 is 3.60. The first-order chi connectivity index (χ1) is 7.92. The molecule has 0 spiro atoms. The molecular weight excluding hydrogens is 278 g/mol. The van der Waals surface area contributed by atoms with Crippen molar-refractivity contribution >= 4 is 15.9 Å². The Hall–Kier alpha value is -0.380. The molecule has 0 radical (unpaired) electrons. The summed E-state index contributed by atoms with van der Waals surface area (Å²) in [5.41, 5.74) is 2.39. The van der Waals surface area contributed by atoms with Crippen LogP contribution in [0.3, 0.4) is 0 Å². The second kappa shape index (κ2) is 6.53. The predicted molar refractivity (Wildman–Crippen MR) is 76.1 cm³/mol. The van der Waals surface area contributed by atoms with Gasteiger partial charge in [-0.05, 0) is 44.5 Å². The molecule has 1 aromatic rings. The van der Waals surface area contributed by atoms with Gasteiger partial charge in [0.05, 0.1) is 12.2 Å². The van der Waals surface area contributed by atoms with Gasteiger partial charge < -0.3 is 10.1 Å². The topological polar surface area (TPSA) is 21.3 Å². The molecule has 1 aromatic carbocycles. The summed E-state index contributed by atoms with van der Waals surface area (Å²) in [6.45, 7) is 10.9. The van der Waals surface area contributed by atoms with Crippen LogP contribution in [0.5, 0.6) is 0 Å². The fraction of sp³-hybridized carbons (Fsp3) is 0.571. The third kappa shape index (κ3) is 5.66. The molecule has 0 heterocycles. The molecule has 0 atom stereocenters. The third-order valence-electron chi connectivity index (χ3n) is 2.36. The highest BCUT2D eigenvalue weighted by molar-refractivity contribution is 9.10. The Morgan fingerprint density at radius 3 is 2.53 bits per heavy atom. The van der Waals surface area contributed by atoms with Gasteiger partial charge in [-0.25, -0.2) is 0 Å². The Labute approximate surface area is 113 Å². The maximum Gasteiger partial charge on any atom is 0.0734 e. The highest BCUT2D eigenvalue weighted by Gasteiger charge is 2.11. The van der Waals surface area contributed by atoms with E-state index in [1.165, 1.54) is 11.1 Å². The Balaban J connectivity index is 2.63. The first kappa shape index (κ1) is 14.7. The van der Waals surface area contributed by atoms with Crippen molar-refractivity contribution in [2.45, 2.75) is 46.4 Å². The van der Waals surface area contributed by atoms with E-state index < -0.39 is 0 Å². The lowest BCUT2D eigenvalue weighted by atomic mass is 10.1. The van der Waals surface area contributed by atoms with Gasteiger partial charge in [-0.15, -0.1) is 0 Å². The van der Waals surface area contributed by atoms with Crippen LogP contribution in [0.25, 0.3) is 0 Å². The van der Waals surface area contributed by atoms with Crippen LogP contribution in [0.2, 0.25) is 0 Å². The van der Waals surface area contributed by atoms with E-state index in [1.807, 2.05) is 0 Å². The van der Waals surface area contributed by atoms with E-state index in [0.717, 1.165) is 17.6 Å². The van der Waals surface area contributed by atoms with Crippen molar-refractivity contribution in [2.75, 3.05) is 6.54 Å². The largest absolute Gasteiger partial charge is 0.371 e. The summed E-state index contributed by atoms with van der Waals surface area (Å²) in [5.74, 6) is 0. The molecule has 0 aliphatic carbocycles. The lowest BCUT2D eigenvalue weighted by Crippen LogP contribution is -2.18. The highest BCUT2D eigenvalue weighted by atomic mass is 79.9. The van der Waals surface area contributed by atoms with Gasteiger partial charge in [0.15, 0.2) is 0 Å². The normalized spacial score (nSPS) is 11.8. The molecule has 0 aromatic heterocycles. The molecule has 17 heavy (non-hydrogen) atoms. The van der Waals surface area contributed by atoms with Gasteiger partial charge >= 0.3 is 0 Å². The molecule has 3 heteroatoms. The molecule has 0 bridgehead atoms. The van der Waals surface area contributed by atoms with Crippen LogP contribution in [0, 0.1) is 0 Å². The number of benzene rings is 1. The van der Waals surface area contributed by atoms with Crippen LogP contribution in [0.4, 0.5) is 0 Å². The fourth-order valence-corrected chi connectivity index (χ4v) is 1.92. The number of rotatable bonds is 5. The van der Waals surface area contributed by atoms with Crippen molar-refractivity contribution < 1.29 is 4.74 Å². The monoisotopic (exact) mass is 299 g/mol. The highest BCUT2D eigenvalue weighted by Crippen LogP contribution is 2.21. The maximum atomic E-state index is 5.77. The Kier molecular flexibility index (Phi) is 5.63. The van der Waals surface area contributed by atoms with Crippen molar-refractivity contribution in [1.82, 2.24) is 5.32 Å². The van der Waals surface area contributed by atoms with Gasteiger partial charge in [0.1, 0.15) is 0 Å². The Morgan fingerprint density at radius 1 is 1.29 bits per heavy atom. The molecular formula is C14H22BrNO.